The number of hydrogen-bond acceptors (Lipinski definition) is 3. The van der Waals surface area contributed by atoms with E-state index in [1.54, 1.807) is 28.3 Å². The quantitative estimate of drug-likeness (QED) is 0.856. The third-order valence-corrected chi connectivity index (χ3v) is 4.34. The molecule has 130 valence electrons. The molecule has 1 aliphatic heterocycles. The number of aromatic nitrogens is 1. The molecule has 0 spiro atoms. The second kappa shape index (κ2) is 7.88. The molecular weight excluding hydrogens is 321 g/mol. The van der Waals surface area contributed by atoms with Crippen LogP contribution in [0.3, 0.4) is 0 Å². The molecule has 0 aliphatic carbocycles. The molecule has 1 aliphatic rings. The summed E-state index contributed by atoms with van der Waals surface area (Å²) in [5.74, 6) is -0.529. The van der Waals surface area contributed by atoms with E-state index >= 15 is 0 Å². The van der Waals surface area contributed by atoms with Crippen LogP contribution in [0.25, 0.3) is 0 Å². The van der Waals surface area contributed by atoms with Crippen LogP contribution in [0.1, 0.15) is 22.3 Å². The standard InChI is InChI=1S/C19H20FN3O2/c20-17-5-1-4-16(13-17)19(25)23-11-9-22(10-12-23)18(24)7-6-15-3-2-8-21-14-15/h1-5,8,13-14H,6-7,9-12H2. The van der Waals surface area contributed by atoms with E-state index < -0.39 is 5.82 Å². The molecule has 2 heterocycles. The summed E-state index contributed by atoms with van der Waals surface area (Å²) in [6, 6.07) is 9.51. The van der Waals surface area contributed by atoms with Crippen LogP contribution in [-0.2, 0) is 11.2 Å². The average molecular weight is 341 g/mol. The Bertz CT molecular complexity index is 743. The molecule has 2 amide bonds. The van der Waals surface area contributed by atoms with Crippen molar-refractivity contribution in [2.45, 2.75) is 12.8 Å². The van der Waals surface area contributed by atoms with Crippen molar-refractivity contribution < 1.29 is 14.0 Å². The Morgan fingerprint density at radius 3 is 2.48 bits per heavy atom. The van der Waals surface area contributed by atoms with Crippen molar-refractivity contribution in [2.75, 3.05) is 26.2 Å². The fraction of sp³-hybridized carbons (Fsp3) is 0.316. The predicted octanol–water partition coefficient (Wildman–Crippen LogP) is 2.14. The summed E-state index contributed by atoms with van der Waals surface area (Å²) >= 11 is 0. The second-order valence-corrected chi connectivity index (χ2v) is 6.04. The number of amides is 2. The highest BCUT2D eigenvalue weighted by molar-refractivity contribution is 5.94. The number of pyridine rings is 1. The van der Waals surface area contributed by atoms with Crippen molar-refractivity contribution in [3.05, 3.63) is 65.7 Å². The van der Waals surface area contributed by atoms with Crippen LogP contribution in [0, 0.1) is 5.82 Å². The molecule has 0 unspecified atom stereocenters. The number of nitrogens with zero attached hydrogens (tertiary/aromatic N) is 3. The van der Waals surface area contributed by atoms with Gasteiger partial charge in [0.1, 0.15) is 5.82 Å². The molecule has 1 fully saturated rings. The molecule has 1 saturated heterocycles. The van der Waals surface area contributed by atoms with E-state index in [2.05, 4.69) is 4.98 Å². The zero-order valence-electron chi connectivity index (χ0n) is 13.9. The molecule has 0 N–H and O–H groups in total. The highest BCUT2D eigenvalue weighted by Crippen LogP contribution is 2.12. The maximum Gasteiger partial charge on any atom is 0.254 e. The first-order valence-electron chi connectivity index (χ1n) is 8.35. The SMILES string of the molecule is O=C(CCc1cccnc1)N1CCN(C(=O)c2cccc(F)c2)CC1. The van der Waals surface area contributed by atoms with E-state index in [9.17, 15) is 14.0 Å². The van der Waals surface area contributed by atoms with E-state index in [0.717, 1.165) is 5.56 Å². The minimum atomic E-state index is -0.421. The molecule has 0 bridgehead atoms. The fourth-order valence-corrected chi connectivity index (χ4v) is 2.92. The Balaban J connectivity index is 1.49. The summed E-state index contributed by atoms with van der Waals surface area (Å²) in [7, 11) is 0. The molecule has 3 rings (SSSR count). The minimum Gasteiger partial charge on any atom is -0.339 e. The van der Waals surface area contributed by atoms with Gasteiger partial charge in [-0.3, -0.25) is 14.6 Å². The van der Waals surface area contributed by atoms with Crippen molar-refractivity contribution in [2.24, 2.45) is 0 Å². The number of aryl methyl sites for hydroxylation is 1. The summed E-state index contributed by atoms with van der Waals surface area (Å²) in [6.45, 7) is 1.95. The third-order valence-electron chi connectivity index (χ3n) is 4.34. The van der Waals surface area contributed by atoms with E-state index in [4.69, 9.17) is 0 Å². The second-order valence-electron chi connectivity index (χ2n) is 6.04. The topological polar surface area (TPSA) is 53.5 Å². The van der Waals surface area contributed by atoms with Crippen molar-refractivity contribution in [1.82, 2.24) is 14.8 Å². The van der Waals surface area contributed by atoms with Crippen molar-refractivity contribution in [1.29, 1.82) is 0 Å². The highest BCUT2D eigenvalue weighted by Gasteiger charge is 2.24. The van der Waals surface area contributed by atoms with Crippen molar-refractivity contribution in [3.8, 4) is 0 Å². The van der Waals surface area contributed by atoms with Gasteiger partial charge in [0.15, 0.2) is 0 Å². The zero-order chi connectivity index (χ0) is 17.6. The summed E-state index contributed by atoms with van der Waals surface area (Å²) in [6.07, 6.45) is 4.57. The van der Waals surface area contributed by atoms with Gasteiger partial charge in [0.05, 0.1) is 0 Å². The Labute approximate surface area is 146 Å². The van der Waals surface area contributed by atoms with Gasteiger partial charge < -0.3 is 9.80 Å². The van der Waals surface area contributed by atoms with Crippen LogP contribution < -0.4 is 0 Å². The van der Waals surface area contributed by atoms with Gasteiger partial charge in [-0.1, -0.05) is 12.1 Å². The lowest BCUT2D eigenvalue weighted by Crippen LogP contribution is -2.50. The summed E-state index contributed by atoms with van der Waals surface area (Å²) in [5, 5.41) is 0. The minimum absolute atomic E-state index is 0.0849. The first-order chi connectivity index (χ1) is 12.1. The molecule has 0 saturated carbocycles. The van der Waals surface area contributed by atoms with Gasteiger partial charge in [0.25, 0.3) is 5.91 Å². The average Bonchev–Trinajstić information content (AvgIpc) is 2.66. The van der Waals surface area contributed by atoms with Crippen LogP contribution in [-0.4, -0.2) is 52.8 Å². The number of rotatable bonds is 4. The van der Waals surface area contributed by atoms with E-state index in [-0.39, 0.29) is 11.8 Å². The Hall–Kier alpha value is -2.76. The summed E-state index contributed by atoms with van der Waals surface area (Å²) in [5.41, 5.74) is 1.38. The van der Waals surface area contributed by atoms with Gasteiger partial charge in [-0.15, -0.1) is 0 Å². The first kappa shape index (κ1) is 17.1. The molecule has 1 aromatic heterocycles. The van der Waals surface area contributed by atoms with E-state index in [1.165, 1.54) is 18.2 Å². The molecule has 0 atom stereocenters. The molecule has 25 heavy (non-hydrogen) atoms. The Morgan fingerprint density at radius 2 is 1.80 bits per heavy atom. The van der Waals surface area contributed by atoms with Crippen LogP contribution in [0.4, 0.5) is 4.39 Å². The van der Waals surface area contributed by atoms with Gasteiger partial charge >= 0.3 is 0 Å². The van der Waals surface area contributed by atoms with Gasteiger partial charge in [0.2, 0.25) is 5.91 Å². The van der Waals surface area contributed by atoms with Gasteiger partial charge in [0, 0.05) is 50.6 Å². The molecule has 0 radical (unpaired) electrons. The number of carbonyl (C=O) groups is 2. The lowest BCUT2D eigenvalue weighted by Gasteiger charge is -2.35. The monoisotopic (exact) mass is 341 g/mol. The van der Waals surface area contributed by atoms with Gasteiger partial charge in [-0.2, -0.15) is 0 Å². The van der Waals surface area contributed by atoms with Gasteiger partial charge in [-0.25, -0.2) is 4.39 Å². The van der Waals surface area contributed by atoms with Crippen molar-refractivity contribution in [3.63, 3.8) is 0 Å². The first-order valence-corrected chi connectivity index (χ1v) is 8.35. The Morgan fingerprint density at radius 1 is 1.04 bits per heavy atom. The smallest absolute Gasteiger partial charge is 0.254 e. The van der Waals surface area contributed by atoms with Crippen molar-refractivity contribution >= 4 is 11.8 Å². The van der Waals surface area contributed by atoms with E-state index in [0.29, 0.717) is 44.6 Å². The number of halogens is 1. The third kappa shape index (κ3) is 4.41. The Kier molecular flexibility index (Phi) is 5.38. The maximum absolute atomic E-state index is 13.3. The lowest BCUT2D eigenvalue weighted by atomic mass is 10.1. The number of benzene rings is 1. The number of piperazine rings is 1. The van der Waals surface area contributed by atoms with Crippen LogP contribution in [0.5, 0.6) is 0 Å². The molecule has 1 aromatic carbocycles. The lowest BCUT2D eigenvalue weighted by molar-refractivity contribution is -0.132. The highest BCUT2D eigenvalue weighted by atomic mass is 19.1. The van der Waals surface area contributed by atoms with Crippen LogP contribution in [0.2, 0.25) is 0 Å². The molecule has 5 nitrogen and oxygen atoms in total. The van der Waals surface area contributed by atoms with Crippen LogP contribution in [0.15, 0.2) is 48.8 Å². The molecular formula is C19H20FN3O2. The normalized spacial score (nSPS) is 14.4. The molecule has 6 heteroatoms. The summed E-state index contributed by atoms with van der Waals surface area (Å²) in [4.78, 5) is 32.2. The van der Waals surface area contributed by atoms with Crippen LogP contribution >= 0.6 is 0 Å². The predicted molar refractivity (Wildman–Crippen MR) is 91.4 cm³/mol. The van der Waals surface area contributed by atoms with E-state index in [1.807, 2.05) is 12.1 Å². The number of hydrogen-bond donors (Lipinski definition) is 0. The summed E-state index contributed by atoms with van der Waals surface area (Å²) < 4.78 is 13.3. The molecule has 2 aromatic rings. The number of carbonyl (C=O) groups excluding carboxylic acids is 2. The largest absolute Gasteiger partial charge is 0.339 e. The zero-order valence-corrected chi connectivity index (χ0v) is 13.9. The fourth-order valence-electron chi connectivity index (χ4n) is 2.92. The van der Waals surface area contributed by atoms with Gasteiger partial charge in [-0.05, 0) is 36.2 Å². The maximum atomic E-state index is 13.3.